The quantitative estimate of drug-likeness (QED) is 0.744. The average Bonchev–Trinajstić information content (AvgIpc) is 2.56. The Morgan fingerprint density at radius 3 is 2.16 bits per heavy atom. The van der Waals surface area contributed by atoms with Crippen LogP contribution in [-0.4, -0.2) is 21.4 Å². The lowest BCUT2D eigenvalue weighted by Crippen LogP contribution is -2.18. The van der Waals surface area contributed by atoms with E-state index in [1.165, 1.54) is 7.05 Å². The minimum Gasteiger partial charge on any atom is -0.326 e. The van der Waals surface area contributed by atoms with Crippen molar-refractivity contribution >= 4 is 37.5 Å². The van der Waals surface area contributed by atoms with E-state index in [0.29, 0.717) is 12.8 Å². The molecule has 25 heavy (non-hydrogen) atoms. The van der Waals surface area contributed by atoms with Gasteiger partial charge in [0.1, 0.15) is 0 Å². The summed E-state index contributed by atoms with van der Waals surface area (Å²) in [6, 6.07) is 10.5. The largest absolute Gasteiger partial charge is 0.326 e. The molecule has 2 rings (SSSR count). The van der Waals surface area contributed by atoms with Crippen molar-refractivity contribution in [2.45, 2.75) is 31.6 Å². The molecule has 0 aliphatic rings. The number of hydrogen-bond donors (Lipinski definition) is 2. The zero-order chi connectivity index (χ0) is 18.6. The molecule has 0 aliphatic heterocycles. The number of aryl methyl sites for hydroxylation is 3. The van der Waals surface area contributed by atoms with E-state index in [2.05, 4.69) is 26.0 Å². The molecule has 0 unspecified atom stereocenters. The van der Waals surface area contributed by atoms with Gasteiger partial charge in [-0.25, -0.2) is 13.1 Å². The molecule has 1 amide bonds. The lowest BCUT2D eigenvalue weighted by molar-refractivity contribution is -0.116. The van der Waals surface area contributed by atoms with Crippen LogP contribution in [0.3, 0.4) is 0 Å². The van der Waals surface area contributed by atoms with Gasteiger partial charge in [0.25, 0.3) is 0 Å². The molecule has 5 nitrogen and oxygen atoms in total. The number of hydrogen-bond acceptors (Lipinski definition) is 3. The highest BCUT2D eigenvalue weighted by Gasteiger charge is 2.12. The predicted octanol–water partition coefficient (Wildman–Crippen LogP) is 3.55. The first kappa shape index (κ1) is 19.6. The van der Waals surface area contributed by atoms with E-state index >= 15 is 0 Å². The summed E-state index contributed by atoms with van der Waals surface area (Å²) in [5.41, 5.74) is 3.75. The summed E-state index contributed by atoms with van der Waals surface area (Å²) in [6.45, 7) is 3.91. The van der Waals surface area contributed by atoms with Crippen LogP contribution in [0.15, 0.2) is 45.8 Å². The van der Waals surface area contributed by atoms with E-state index in [9.17, 15) is 13.2 Å². The third-order valence-corrected chi connectivity index (χ3v) is 5.79. The molecule has 134 valence electrons. The summed E-state index contributed by atoms with van der Waals surface area (Å²) in [5.74, 6) is -0.0690. The van der Waals surface area contributed by atoms with Crippen molar-refractivity contribution in [3.8, 4) is 0 Å². The lowest BCUT2D eigenvalue weighted by Gasteiger charge is -2.12. The molecule has 2 aromatic carbocycles. The van der Waals surface area contributed by atoms with Crippen LogP contribution in [0.25, 0.3) is 0 Å². The van der Waals surface area contributed by atoms with Crippen molar-refractivity contribution in [1.82, 2.24) is 4.72 Å². The highest BCUT2D eigenvalue weighted by Crippen LogP contribution is 2.25. The van der Waals surface area contributed by atoms with Gasteiger partial charge >= 0.3 is 0 Å². The Bertz CT molecular complexity index is 855. The molecule has 0 atom stereocenters. The van der Waals surface area contributed by atoms with Gasteiger partial charge in [-0.2, -0.15) is 0 Å². The zero-order valence-corrected chi connectivity index (χ0v) is 16.8. The van der Waals surface area contributed by atoms with Gasteiger partial charge < -0.3 is 5.32 Å². The second-order valence-electron chi connectivity index (χ2n) is 5.81. The summed E-state index contributed by atoms with van der Waals surface area (Å²) in [6.07, 6.45) is 0.868. The lowest BCUT2D eigenvalue weighted by atomic mass is 10.1. The monoisotopic (exact) mass is 424 g/mol. The molecular formula is C18H21BrN2O3S. The fourth-order valence-corrected chi connectivity index (χ4v) is 3.94. The fraction of sp³-hybridized carbons (Fsp3) is 0.278. The molecule has 0 bridgehead atoms. The Morgan fingerprint density at radius 2 is 1.64 bits per heavy atom. The van der Waals surface area contributed by atoms with E-state index in [-0.39, 0.29) is 10.8 Å². The van der Waals surface area contributed by atoms with Crippen molar-refractivity contribution in [2.75, 3.05) is 12.4 Å². The Balaban J connectivity index is 1.99. The fourth-order valence-electron chi connectivity index (χ4n) is 2.52. The van der Waals surface area contributed by atoms with Crippen LogP contribution < -0.4 is 10.0 Å². The number of anilines is 1. The third kappa shape index (κ3) is 5.14. The van der Waals surface area contributed by atoms with Gasteiger partial charge in [-0.05, 0) is 68.3 Å². The van der Waals surface area contributed by atoms with Crippen LogP contribution in [0.1, 0.15) is 23.1 Å². The first-order valence-electron chi connectivity index (χ1n) is 7.82. The van der Waals surface area contributed by atoms with E-state index in [1.807, 2.05) is 26.0 Å². The number of carbonyl (C=O) groups is 1. The highest BCUT2D eigenvalue weighted by atomic mass is 79.9. The summed E-state index contributed by atoms with van der Waals surface area (Å²) in [5, 5.41) is 2.96. The third-order valence-electron chi connectivity index (χ3n) is 3.91. The first-order valence-corrected chi connectivity index (χ1v) is 10.1. The Labute approximate surface area is 157 Å². The smallest absolute Gasteiger partial charge is 0.240 e. The van der Waals surface area contributed by atoms with Crippen molar-refractivity contribution in [2.24, 2.45) is 0 Å². The molecule has 0 fully saturated rings. The normalized spacial score (nSPS) is 11.4. The van der Waals surface area contributed by atoms with Gasteiger partial charge in [-0.1, -0.05) is 28.1 Å². The average molecular weight is 425 g/mol. The van der Waals surface area contributed by atoms with Crippen LogP contribution in [0, 0.1) is 13.8 Å². The summed E-state index contributed by atoms with van der Waals surface area (Å²) >= 11 is 3.44. The summed E-state index contributed by atoms with van der Waals surface area (Å²) < 4.78 is 26.6. The number of benzene rings is 2. The van der Waals surface area contributed by atoms with E-state index in [0.717, 1.165) is 26.9 Å². The van der Waals surface area contributed by atoms with Gasteiger partial charge in [0.15, 0.2) is 0 Å². The van der Waals surface area contributed by atoms with E-state index in [4.69, 9.17) is 0 Å². The molecule has 0 aliphatic carbocycles. The van der Waals surface area contributed by atoms with Gasteiger partial charge in [0.2, 0.25) is 15.9 Å². The SMILES string of the molecule is CNS(=O)(=O)c1ccc(CCC(=O)Nc2c(C)cc(Br)cc2C)cc1. The molecule has 0 saturated carbocycles. The molecule has 2 aromatic rings. The van der Waals surface area contributed by atoms with Crippen LogP contribution in [0.2, 0.25) is 0 Å². The number of carbonyl (C=O) groups excluding carboxylic acids is 1. The molecule has 0 saturated heterocycles. The Hall–Kier alpha value is -1.70. The summed E-state index contributed by atoms with van der Waals surface area (Å²) in [4.78, 5) is 12.4. The van der Waals surface area contributed by atoms with Crippen molar-refractivity contribution in [1.29, 1.82) is 0 Å². The zero-order valence-electron chi connectivity index (χ0n) is 14.4. The van der Waals surface area contributed by atoms with Gasteiger partial charge in [0, 0.05) is 16.6 Å². The number of sulfonamides is 1. The Morgan fingerprint density at radius 1 is 1.08 bits per heavy atom. The molecule has 0 heterocycles. The van der Waals surface area contributed by atoms with Crippen LogP contribution in [-0.2, 0) is 21.2 Å². The molecular weight excluding hydrogens is 404 g/mol. The van der Waals surface area contributed by atoms with Crippen molar-refractivity contribution in [3.63, 3.8) is 0 Å². The van der Waals surface area contributed by atoms with Crippen LogP contribution >= 0.6 is 15.9 Å². The molecule has 0 spiro atoms. The minimum atomic E-state index is -3.43. The van der Waals surface area contributed by atoms with E-state index in [1.54, 1.807) is 24.3 Å². The van der Waals surface area contributed by atoms with Crippen LogP contribution in [0.4, 0.5) is 5.69 Å². The second kappa shape index (κ2) is 8.12. The van der Waals surface area contributed by atoms with Gasteiger partial charge in [-0.15, -0.1) is 0 Å². The molecule has 0 aromatic heterocycles. The second-order valence-corrected chi connectivity index (χ2v) is 8.62. The molecule has 0 radical (unpaired) electrons. The number of rotatable bonds is 6. The molecule has 7 heteroatoms. The Kier molecular flexibility index (Phi) is 6.37. The van der Waals surface area contributed by atoms with Crippen molar-refractivity contribution < 1.29 is 13.2 Å². The maximum absolute atomic E-state index is 12.2. The number of amides is 1. The standard InChI is InChI=1S/C18H21BrN2O3S/c1-12-10-15(19)11-13(2)18(12)21-17(22)9-6-14-4-7-16(8-5-14)25(23,24)20-3/h4-5,7-8,10-11,20H,6,9H2,1-3H3,(H,21,22). The summed E-state index contributed by atoms with van der Waals surface area (Å²) in [7, 11) is -2.06. The molecule has 2 N–H and O–H groups in total. The highest BCUT2D eigenvalue weighted by molar-refractivity contribution is 9.10. The topological polar surface area (TPSA) is 75.3 Å². The van der Waals surface area contributed by atoms with Crippen molar-refractivity contribution in [3.05, 3.63) is 57.6 Å². The maximum atomic E-state index is 12.2. The maximum Gasteiger partial charge on any atom is 0.240 e. The van der Waals surface area contributed by atoms with Crippen LogP contribution in [0.5, 0.6) is 0 Å². The minimum absolute atomic E-state index is 0.0690. The first-order chi connectivity index (χ1) is 11.7. The van der Waals surface area contributed by atoms with Gasteiger partial charge in [0.05, 0.1) is 4.90 Å². The number of nitrogens with one attached hydrogen (secondary N) is 2. The number of halogens is 1. The van der Waals surface area contributed by atoms with E-state index < -0.39 is 10.0 Å². The predicted molar refractivity (Wildman–Crippen MR) is 103 cm³/mol. The van der Waals surface area contributed by atoms with Gasteiger partial charge in [-0.3, -0.25) is 4.79 Å².